The van der Waals surface area contributed by atoms with Gasteiger partial charge in [0.15, 0.2) is 11.5 Å². The van der Waals surface area contributed by atoms with Crippen LogP contribution in [0.5, 0.6) is 0 Å². The summed E-state index contributed by atoms with van der Waals surface area (Å²) in [6, 6.07) is 10.8. The zero-order valence-corrected chi connectivity index (χ0v) is 20.6. The van der Waals surface area contributed by atoms with Crippen LogP contribution in [0.3, 0.4) is 0 Å². The number of H-pyrrole nitrogens is 1. The lowest BCUT2D eigenvalue weighted by molar-refractivity contribution is -0.137. The Hall–Kier alpha value is -3.71. The van der Waals surface area contributed by atoms with E-state index in [0.29, 0.717) is 30.1 Å². The zero-order valence-electron chi connectivity index (χ0n) is 19.7. The van der Waals surface area contributed by atoms with E-state index in [0.717, 1.165) is 28.8 Å². The van der Waals surface area contributed by atoms with Crippen molar-refractivity contribution in [3.63, 3.8) is 0 Å². The standard InChI is InChI=1S/C24H24F3N7O2S/c1-28-22-20-12-16(13-30-23(20)33-32-22)15-2-5-19(6-3-15)37(35,36)34-10-8-18(9-11-34)31-21-7-4-17(14-29-21)24(25,26)27/h2-7,12-14,18H,8-11H2,1H3,(H,29,31)(H2,28,30,32,33). The van der Waals surface area contributed by atoms with Crippen molar-refractivity contribution in [3.05, 3.63) is 60.4 Å². The van der Waals surface area contributed by atoms with Crippen LogP contribution in [-0.2, 0) is 16.2 Å². The predicted octanol–water partition coefficient (Wildman–Crippen LogP) is 4.35. The van der Waals surface area contributed by atoms with Gasteiger partial charge in [0.2, 0.25) is 10.0 Å². The lowest BCUT2D eigenvalue weighted by atomic mass is 10.1. The number of alkyl halides is 3. The number of rotatable bonds is 6. The first-order chi connectivity index (χ1) is 17.6. The summed E-state index contributed by atoms with van der Waals surface area (Å²) in [6.45, 7) is 0.576. The highest BCUT2D eigenvalue weighted by Gasteiger charge is 2.32. The van der Waals surface area contributed by atoms with Crippen LogP contribution in [0, 0.1) is 0 Å². The van der Waals surface area contributed by atoms with Crippen molar-refractivity contribution in [2.45, 2.75) is 30.0 Å². The number of aromatic amines is 1. The Balaban J connectivity index is 1.23. The molecule has 3 N–H and O–H groups in total. The Bertz CT molecular complexity index is 1500. The third-order valence-corrected chi connectivity index (χ3v) is 8.29. The topological polar surface area (TPSA) is 116 Å². The van der Waals surface area contributed by atoms with Gasteiger partial charge in [-0.2, -0.15) is 22.6 Å². The molecule has 194 valence electrons. The van der Waals surface area contributed by atoms with Crippen LogP contribution < -0.4 is 10.6 Å². The fourth-order valence-corrected chi connectivity index (χ4v) is 5.79. The SMILES string of the molecule is CNc1n[nH]c2ncc(-c3ccc(S(=O)(=O)N4CCC(Nc5ccc(C(F)(F)F)cn5)CC4)cc3)cc12. The minimum atomic E-state index is -4.44. The van der Waals surface area contributed by atoms with Gasteiger partial charge in [0, 0.05) is 44.1 Å². The van der Waals surface area contributed by atoms with Crippen LogP contribution in [0.15, 0.2) is 59.8 Å². The fraction of sp³-hybridized carbons (Fsp3) is 0.292. The van der Waals surface area contributed by atoms with Crippen LogP contribution in [0.1, 0.15) is 18.4 Å². The third-order valence-electron chi connectivity index (χ3n) is 6.38. The number of piperidine rings is 1. The molecule has 13 heteroatoms. The first-order valence-electron chi connectivity index (χ1n) is 11.6. The van der Waals surface area contributed by atoms with E-state index >= 15 is 0 Å². The first kappa shape index (κ1) is 25.0. The van der Waals surface area contributed by atoms with E-state index in [2.05, 4.69) is 30.8 Å². The summed E-state index contributed by atoms with van der Waals surface area (Å²) in [5, 5.41) is 13.9. The average molecular weight is 532 g/mol. The summed E-state index contributed by atoms with van der Waals surface area (Å²) in [5.41, 5.74) is 1.49. The number of halogens is 3. The molecule has 1 aliphatic rings. The molecule has 1 aliphatic heterocycles. The quantitative estimate of drug-likeness (QED) is 0.339. The molecule has 0 atom stereocenters. The third kappa shape index (κ3) is 5.09. The monoisotopic (exact) mass is 531 g/mol. The van der Waals surface area contributed by atoms with E-state index in [1.807, 2.05) is 6.07 Å². The smallest absolute Gasteiger partial charge is 0.371 e. The molecule has 0 saturated carbocycles. The van der Waals surface area contributed by atoms with Crippen molar-refractivity contribution in [3.8, 4) is 11.1 Å². The van der Waals surface area contributed by atoms with Crippen molar-refractivity contribution < 1.29 is 21.6 Å². The molecule has 5 rings (SSSR count). The second-order valence-electron chi connectivity index (χ2n) is 8.72. The highest BCUT2D eigenvalue weighted by Crippen LogP contribution is 2.30. The van der Waals surface area contributed by atoms with E-state index in [9.17, 15) is 21.6 Å². The maximum atomic E-state index is 13.2. The average Bonchev–Trinajstić information content (AvgIpc) is 3.31. The number of anilines is 2. The van der Waals surface area contributed by atoms with Gasteiger partial charge in [-0.3, -0.25) is 5.10 Å². The van der Waals surface area contributed by atoms with Gasteiger partial charge in [0.1, 0.15) is 5.82 Å². The Kier molecular flexibility index (Phi) is 6.50. The fourth-order valence-electron chi connectivity index (χ4n) is 4.32. The molecule has 4 aromatic rings. The molecule has 0 spiro atoms. The van der Waals surface area contributed by atoms with Gasteiger partial charge in [0.25, 0.3) is 0 Å². The van der Waals surface area contributed by atoms with Crippen molar-refractivity contribution in [2.75, 3.05) is 30.8 Å². The second kappa shape index (κ2) is 9.63. The summed E-state index contributed by atoms with van der Waals surface area (Å²) in [7, 11) is -1.92. The lowest BCUT2D eigenvalue weighted by Gasteiger charge is -2.32. The summed E-state index contributed by atoms with van der Waals surface area (Å²) in [6.07, 6.45) is -0.945. The Morgan fingerprint density at radius 3 is 2.35 bits per heavy atom. The van der Waals surface area contributed by atoms with Gasteiger partial charge in [-0.1, -0.05) is 12.1 Å². The number of nitrogens with one attached hydrogen (secondary N) is 3. The number of fused-ring (bicyclic) bond motifs is 1. The number of nitrogens with zero attached hydrogens (tertiary/aromatic N) is 4. The minimum absolute atomic E-state index is 0.0918. The molecule has 9 nitrogen and oxygen atoms in total. The molecule has 0 amide bonds. The van der Waals surface area contributed by atoms with E-state index in [4.69, 9.17) is 0 Å². The molecule has 0 bridgehead atoms. The number of aromatic nitrogens is 4. The molecule has 0 unspecified atom stereocenters. The predicted molar refractivity (Wildman–Crippen MR) is 134 cm³/mol. The number of pyridine rings is 2. The Labute approximate surface area is 211 Å². The van der Waals surface area contributed by atoms with E-state index in [-0.39, 0.29) is 24.0 Å². The number of benzene rings is 1. The van der Waals surface area contributed by atoms with Crippen molar-refractivity contribution >= 4 is 32.7 Å². The van der Waals surface area contributed by atoms with E-state index in [1.54, 1.807) is 37.5 Å². The second-order valence-corrected chi connectivity index (χ2v) is 10.7. The van der Waals surface area contributed by atoms with Gasteiger partial charge in [-0.15, -0.1) is 0 Å². The van der Waals surface area contributed by atoms with Crippen LogP contribution in [-0.4, -0.2) is 59.1 Å². The van der Waals surface area contributed by atoms with Gasteiger partial charge in [-0.25, -0.2) is 18.4 Å². The Morgan fingerprint density at radius 1 is 1.00 bits per heavy atom. The molecule has 4 heterocycles. The summed E-state index contributed by atoms with van der Waals surface area (Å²) < 4.78 is 66.0. The first-order valence-corrected chi connectivity index (χ1v) is 13.0. The summed E-state index contributed by atoms with van der Waals surface area (Å²) in [5.74, 6) is 1.00. The van der Waals surface area contributed by atoms with Gasteiger partial charge in [0.05, 0.1) is 15.8 Å². The lowest BCUT2D eigenvalue weighted by Crippen LogP contribution is -2.42. The summed E-state index contributed by atoms with van der Waals surface area (Å²) in [4.78, 5) is 8.41. The number of hydrogen-bond acceptors (Lipinski definition) is 7. The van der Waals surface area contributed by atoms with Crippen LogP contribution in [0.25, 0.3) is 22.2 Å². The minimum Gasteiger partial charge on any atom is -0.371 e. The largest absolute Gasteiger partial charge is 0.417 e. The maximum Gasteiger partial charge on any atom is 0.417 e. The maximum absolute atomic E-state index is 13.2. The molecule has 1 aromatic carbocycles. The Morgan fingerprint density at radius 2 is 1.73 bits per heavy atom. The molecular formula is C24H24F3N7O2S. The number of sulfonamides is 1. The van der Waals surface area contributed by atoms with Gasteiger partial charge in [-0.05, 0) is 48.7 Å². The van der Waals surface area contributed by atoms with Crippen LogP contribution in [0.4, 0.5) is 24.8 Å². The van der Waals surface area contributed by atoms with Crippen LogP contribution >= 0.6 is 0 Å². The molecule has 37 heavy (non-hydrogen) atoms. The van der Waals surface area contributed by atoms with Crippen LogP contribution in [0.2, 0.25) is 0 Å². The number of hydrogen-bond donors (Lipinski definition) is 3. The molecule has 3 aromatic heterocycles. The zero-order chi connectivity index (χ0) is 26.2. The van der Waals surface area contributed by atoms with Gasteiger partial charge < -0.3 is 10.6 Å². The molecule has 1 saturated heterocycles. The van der Waals surface area contributed by atoms with Gasteiger partial charge >= 0.3 is 6.18 Å². The molecular weight excluding hydrogens is 507 g/mol. The molecule has 0 aliphatic carbocycles. The van der Waals surface area contributed by atoms with E-state index in [1.165, 1.54) is 10.4 Å². The van der Waals surface area contributed by atoms with Crippen molar-refractivity contribution in [1.82, 2.24) is 24.5 Å². The van der Waals surface area contributed by atoms with E-state index < -0.39 is 21.8 Å². The normalized spacial score (nSPS) is 15.7. The van der Waals surface area contributed by atoms with Crippen molar-refractivity contribution in [2.24, 2.45) is 0 Å². The highest BCUT2D eigenvalue weighted by atomic mass is 32.2. The molecule has 1 fully saturated rings. The summed E-state index contributed by atoms with van der Waals surface area (Å²) >= 11 is 0. The highest BCUT2D eigenvalue weighted by molar-refractivity contribution is 7.89. The molecule has 0 radical (unpaired) electrons. The van der Waals surface area contributed by atoms with Crippen molar-refractivity contribution in [1.29, 1.82) is 0 Å².